The third-order valence-electron chi connectivity index (χ3n) is 8.10. The third-order valence-corrected chi connectivity index (χ3v) is 9.50. The third kappa shape index (κ3) is 8.29. The highest BCUT2D eigenvalue weighted by molar-refractivity contribution is 7.87. The van der Waals surface area contributed by atoms with Gasteiger partial charge in [-0.2, -0.15) is 12.7 Å². The smallest absolute Gasteiger partial charge is 0.303 e. The van der Waals surface area contributed by atoms with Crippen LogP contribution in [0.15, 0.2) is 42.5 Å². The van der Waals surface area contributed by atoms with E-state index < -0.39 is 16.1 Å². The van der Waals surface area contributed by atoms with Crippen LogP contribution in [-0.2, 0) is 32.7 Å². The van der Waals surface area contributed by atoms with Crippen molar-refractivity contribution in [1.29, 1.82) is 0 Å². The van der Waals surface area contributed by atoms with Gasteiger partial charge in [-0.3, -0.25) is 9.59 Å². The molecule has 1 atom stereocenters. The maximum absolute atomic E-state index is 12.8. The standard InChI is InChI=1S/C27H35N3O3S.C5H9NO2.C2H2/c1-5-6-7-11-19(2)25-23-16-15-21(27(31)28-34(32,33)29(3)4)18-24(23)30-17-10-13-20-12-8-9-14-22(20)26(25)30;7-5-6-1-3-8-4-2-6;1-2/h8-9,12,14-16,18-19H,5-7,10-11,13,17H2,1-4H3,(H,28,31);5H,1-4H2;1-2H. The summed E-state index contributed by atoms with van der Waals surface area (Å²) in [4.78, 5) is 24.6. The SMILES string of the molecule is C#C.CCCCCC(C)c1c2n(c3cc(C(=O)NS(=O)(=O)N(C)C)ccc13)CCCc1ccccc1-2.O=CN1CCOCC1. The van der Waals surface area contributed by atoms with E-state index in [0.717, 1.165) is 60.5 Å². The summed E-state index contributed by atoms with van der Waals surface area (Å²) >= 11 is 0. The zero-order valence-electron chi connectivity index (χ0n) is 26.4. The van der Waals surface area contributed by atoms with Gasteiger partial charge in [-0.05, 0) is 48.4 Å². The molecule has 1 fully saturated rings. The first kappa shape index (κ1) is 34.8. The van der Waals surface area contributed by atoms with Gasteiger partial charge in [-0.15, -0.1) is 12.8 Å². The number of fused-ring (bicyclic) bond motifs is 5. The largest absolute Gasteiger partial charge is 0.378 e. The number of morpholine rings is 1. The fourth-order valence-electron chi connectivity index (χ4n) is 5.73. The van der Waals surface area contributed by atoms with Crippen LogP contribution in [0.1, 0.15) is 73.4 Å². The van der Waals surface area contributed by atoms with Gasteiger partial charge in [-0.25, -0.2) is 4.72 Å². The van der Waals surface area contributed by atoms with Crippen LogP contribution >= 0.6 is 0 Å². The Morgan fingerprint density at radius 2 is 1.80 bits per heavy atom. The number of hydrogen-bond donors (Lipinski definition) is 1. The average molecular weight is 623 g/mol. The van der Waals surface area contributed by atoms with Crippen LogP contribution in [0.3, 0.4) is 0 Å². The molecule has 2 aliphatic heterocycles. The second kappa shape index (κ2) is 16.4. The van der Waals surface area contributed by atoms with E-state index >= 15 is 0 Å². The van der Waals surface area contributed by atoms with E-state index in [1.54, 1.807) is 11.0 Å². The highest BCUT2D eigenvalue weighted by Gasteiger charge is 2.27. The number of rotatable bonds is 9. The quantitative estimate of drug-likeness (QED) is 0.201. The molecule has 1 saturated heterocycles. The number of nitrogens with zero attached hydrogens (tertiary/aromatic N) is 3. The molecule has 1 aromatic heterocycles. The molecule has 0 radical (unpaired) electrons. The number of terminal acetylenes is 1. The lowest BCUT2D eigenvalue weighted by Crippen LogP contribution is -2.39. The zero-order valence-corrected chi connectivity index (χ0v) is 27.2. The van der Waals surface area contributed by atoms with Crippen LogP contribution in [0, 0.1) is 12.8 Å². The van der Waals surface area contributed by atoms with Crippen molar-refractivity contribution in [3.63, 3.8) is 0 Å². The maximum Gasteiger partial charge on any atom is 0.303 e. The molecule has 0 saturated carbocycles. The van der Waals surface area contributed by atoms with Crippen molar-refractivity contribution in [2.75, 3.05) is 40.4 Å². The van der Waals surface area contributed by atoms with Crippen LogP contribution in [0.5, 0.6) is 0 Å². The van der Waals surface area contributed by atoms with Crippen molar-refractivity contribution in [3.8, 4) is 24.1 Å². The molecular weight excluding hydrogens is 576 g/mol. The molecule has 2 aliphatic rings. The number of aryl methyl sites for hydroxylation is 2. The van der Waals surface area contributed by atoms with Gasteiger partial charge >= 0.3 is 10.2 Å². The molecule has 3 heterocycles. The molecule has 44 heavy (non-hydrogen) atoms. The normalized spacial score (nSPS) is 15.0. The number of amides is 2. The number of aromatic nitrogens is 1. The first-order valence-electron chi connectivity index (χ1n) is 15.3. The summed E-state index contributed by atoms with van der Waals surface area (Å²) in [6.07, 6.45) is 15.6. The van der Waals surface area contributed by atoms with Crippen LogP contribution in [0.25, 0.3) is 22.2 Å². The number of hydrogen-bond acceptors (Lipinski definition) is 5. The van der Waals surface area contributed by atoms with Gasteiger partial charge in [0.2, 0.25) is 6.41 Å². The molecule has 238 valence electrons. The molecule has 1 unspecified atom stereocenters. The molecule has 5 rings (SSSR count). The Hall–Kier alpha value is -3.65. The lowest BCUT2D eigenvalue weighted by Gasteiger charge is -2.21. The minimum absolute atomic E-state index is 0.348. The van der Waals surface area contributed by atoms with Gasteiger partial charge in [-0.1, -0.05) is 63.4 Å². The topological polar surface area (TPSA) is 101 Å². The Morgan fingerprint density at radius 1 is 1.09 bits per heavy atom. The fourth-order valence-corrected chi connectivity index (χ4v) is 6.27. The summed E-state index contributed by atoms with van der Waals surface area (Å²) in [6, 6.07) is 14.2. The summed E-state index contributed by atoms with van der Waals surface area (Å²) in [7, 11) is -1.06. The molecule has 2 aromatic carbocycles. The van der Waals surface area contributed by atoms with Crippen molar-refractivity contribution in [2.45, 2.75) is 64.8 Å². The number of benzene rings is 2. The van der Waals surface area contributed by atoms with Gasteiger partial charge in [0, 0.05) is 55.8 Å². The van der Waals surface area contributed by atoms with Crippen molar-refractivity contribution >= 4 is 33.4 Å². The number of ether oxygens (including phenoxy) is 1. The van der Waals surface area contributed by atoms with E-state index in [4.69, 9.17) is 4.74 Å². The van der Waals surface area contributed by atoms with Crippen molar-refractivity contribution in [1.82, 2.24) is 18.5 Å². The molecule has 2 amide bonds. The fraction of sp³-hybridized carbons (Fsp3) is 0.471. The summed E-state index contributed by atoms with van der Waals surface area (Å²) in [5.41, 5.74) is 6.58. The van der Waals surface area contributed by atoms with Gasteiger partial charge in [0.05, 0.1) is 18.9 Å². The summed E-state index contributed by atoms with van der Waals surface area (Å²) in [6.45, 7) is 8.29. The first-order chi connectivity index (χ1) is 21.2. The van der Waals surface area contributed by atoms with Gasteiger partial charge in [0.15, 0.2) is 0 Å². The molecular formula is C34H46N4O5S. The van der Waals surface area contributed by atoms with Gasteiger partial charge < -0.3 is 14.2 Å². The van der Waals surface area contributed by atoms with E-state index in [1.807, 2.05) is 12.1 Å². The predicted molar refractivity (Wildman–Crippen MR) is 177 cm³/mol. The minimum Gasteiger partial charge on any atom is -0.378 e. The maximum atomic E-state index is 12.8. The second-order valence-corrected chi connectivity index (χ2v) is 13.2. The number of carbonyl (C=O) groups excluding carboxylic acids is 2. The van der Waals surface area contributed by atoms with Crippen molar-refractivity contribution < 1.29 is 22.7 Å². The molecule has 0 bridgehead atoms. The van der Waals surface area contributed by atoms with E-state index in [-0.39, 0.29) is 0 Å². The Bertz CT molecular complexity index is 1540. The Balaban J connectivity index is 0.000000454. The molecule has 1 N–H and O–H groups in total. The number of nitrogens with one attached hydrogen (secondary N) is 1. The lowest BCUT2D eigenvalue weighted by atomic mass is 9.89. The number of carbonyl (C=O) groups is 2. The van der Waals surface area contributed by atoms with Crippen molar-refractivity contribution in [2.24, 2.45) is 0 Å². The van der Waals surface area contributed by atoms with Crippen LogP contribution in [0.2, 0.25) is 0 Å². The van der Waals surface area contributed by atoms with Crippen LogP contribution in [0.4, 0.5) is 0 Å². The minimum atomic E-state index is -3.86. The van der Waals surface area contributed by atoms with Crippen LogP contribution in [-0.4, -0.2) is 74.9 Å². The summed E-state index contributed by atoms with van der Waals surface area (Å²) in [5.74, 6) is -0.233. The van der Waals surface area contributed by atoms with Gasteiger partial charge in [0.1, 0.15) is 0 Å². The van der Waals surface area contributed by atoms with E-state index in [2.05, 4.69) is 60.2 Å². The van der Waals surface area contributed by atoms with Gasteiger partial charge in [0.25, 0.3) is 5.91 Å². The highest BCUT2D eigenvalue weighted by Crippen LogP contribution is 2.43. The Morgan fingerprint density at radius 3 is 2.43 bits per heavy atom. The average Bonchev–Trinajstić information content (AvgIpc) is 3.23. The monoisotopic (exact) mass is 622 g/mol. The Labute approximate surface area is 262 Å². The molecule has 3 aromatic rings. The van der Waals surface area contributed by atoms with E-state index in [1.165, 1.54) is 55.7 Å². The predicted octanol–water partition coefficient (Wildman–Crippen LogP) is 5.20. The van der Waals surface area contributed by atoms with E-state index in [9.17, 15) is 18.0 Å². The summed E-state index contributed by atoms with van der Waals surface area (Å²) < 4.78 is 34.9. The van der Waals surface area contributed by atoms with Crippen molar-refractivity contribution in [3.05, 3.63) is 59.2 Å². The Kier molecular flexibility index (Phi) is 13.0. The summed E-state index contributed by atoms with van der Waals surface area (Å²) in [5, 5.41) is 1.16. The van der Waals surface area contributed by atoms with E-state index in [0.29, 0.717) is 24.7 Å². The molecule has 10 heteroatoms. The molecule has 0 aliphatic carbocycles. The number of unbranched alkanes of at least 4 members (excludes halogenated alkanes) is 2. The highest BCUT2D eigenvalue weighted by atomic mass is 32.2. The first-order valence-corrected chi connectivity index (χ1v) is 16.7. The molecule has 9 nitrogen and oxygen atoms in total. The lowest BCUT2D eigenvalue weighted by molar-refractivity contribution is -0.121. The second-order valence-electron chi connectivity index (χ2n) is 11.3. The molecule has 0 spiro atoms. The zero-order chi connectivity index (χ0) is 32.3. The van der Waals surface area contributed by atoms with Crippen LogP contribution < -0.4 is 4.72 Å².